The van der Waals surface area contributed by atoms with Gasteiger partial charge in [-0.05, 0) is 245 Å². The second-order valence-electron chi connectivity index (χ2n) is 32.2. The molecule has 0 amide bonds. The summed E-state index contributed by atoms with van der Waals surface area (Å²) in [6.07, 6.45) is 0. The third kappa shape index (κ3) is 7.64. The number of nitrogens with zero attached hydrogens (tertiary/aromatic N) is 6. The predicted molar refractivity (Wildman–Crippen MR) is 410 cm³/mol. The van der Waals surface area contributed by atoms with E-state index in [2.05, 4.69) is 246 Å². The molecule has 96 heavy (non-hydrogen) atoms. The van der Waals surface area contributed by atoms with Crippen molar-refractivity contribution in [2.75, 3.05) is 0 Å². The largest absolute Gasteiger partial charge is 0.219 e. The zero-order chi connectivity index (χ0) is 66.0. The van der Waals surface area contributed by atoms with Crippen molar-refractivity contribution in [3.8, 4) is 45.0 Å². The van der Waals surface area contributed by atoms with Gasteiger partial charge in [-0.25, -0.2) is 29.9 Å². The van der Waals surface area contributed by atoms with E-state index in [9.17, 15) is 0 Å². The first-order valence-corrected chi connectivity index (χ1v) is 34.3. The van der Waals surface area contributed by atoms with Crippen molar-refractivity contribution in [3.05, 3.63) is 203 Å². The van der Waals surface area contributed by atoms with Crippen molar-refractivity contribution >= 4 is 151 Å². The molecule has 2 heterocycles. The van der Waals surface area contributed by atoms with E-state index in [0.29, 0.717) is 17.5 Å². The topological polar surface area (TPSA) is 77.3 Å². The lowest BCUT2D eigenvalue weighted by Crippen LogP contribution is -2.16. The van der Waals surface area contributed by atoms with Crippen LogP contribution in [-0.2, 0) is 21.7 Å². The number of fused-ring (bicyclic) bond motifs is 15. The van der Waals surface area contributed by atoms with Gasteiger partial charge in [0, 0.05) is 16.5 Å². The van der Waals surface area contributed by atoms with Gasteiger partial charge in [0.15, 0.2) is 11.6 Å². The second kappa shape index (κ2) is 18.8. The molecular formula is C90H74N6. The average Bonchev–Trinajstić information content (AvgIpc) is 1.49. The Labute approximate surface area is 558 Å². The molecule has 6 nitrogen and oxygen atoms in total. The van der Waals surface area contributed by atoms with Crippen LogP contribution in [0, 0.1) is 27.7 Å². The van der Waals surface area contributed by atoms with Crippen molar-refractivity contribution in [1.82, 2.24) is 29.9 Å². The predicted octanol–water partition coefficient (Wildman–Crippen LogP) is 24.5. The normalized spacial score (nSPS) is 13.4. The van der Waals surface area contributed by atoms with Gasteiger partial charge in [-0.1, -0.05) is 235 Å². The summed E-state index contributed by atoms with van der Waals surface area (Å²) in [5, 5.41) is 35.4. The van der Waals surface area contributed by atoms with Gasteiger partial charge in [-0.2, -0.15) is 0 Å². The number of benzene rings is 13. The SMILES string of the molecule is Cc1nc(C)nc(-c2ccc3c4c(-c5cc(C(C)(C)C)cc(C(C)(C)C)c5)c5c6ccc7c8ccc9c%10c(ccc(c%11ccc(c5c(-c5cc(C(C)(C)C)cc(C(C)(C)C)c5)c4c4cccc2c43)c6c%117)c8%10)c2c(-c3nc(C)nc(C)n3)c3cccc4c5ccccc5c(c34)c92)n1. The molecule has 0 unspecified atom stereocenters. The molecule has 0 radical (unpaired) electrons. The molecule has 19 rings (SSSR count). The summed E-state index contributed by atoms with van der Waals surface area (Å²) in [7, 11) is 0. The van der Waals surface area contributed by atoms with Crippen molar-refractivity contribution < 1.29 is 0 Å². The minimum Gasteiger partial charge on any atom is -0.219 e. The van der Waals surface area contributed by atoms with E-state index in [4.69, 9.17) is 24.9 Å². The molecular weight excluding hydrogens is 1170 g/mol. The summed E-state index contributed by atoms with van der Waals surface area (Å²) in [5.41, 5.74) is 11.9. The second-order valence-corrected chi connectivity index (χ2v) is 32.2. The first-order chi connectivity index (χ1) is 45.8. The Morgan fingerprint density at radius 2 is 0.490 bits per heavy atom. The van der Waals surface area contributed by atoms with Crippen LogP contribution < -0.4 is 0 Å². The first-order valence-electron chi connectivity index (χ1n) is 34.3. The van der Waals surface area contributed by atoms with Crippen LogP contribution in [0.3, 0.4) is 0 Å². The maximum absolute atomic E-state index is 5.19. The van der Waals surface area contributed by atoms with E-state index >= 15 is 0 Å². The van der Waals surface area contributed by atoms with Gasteiger partial charge in [0.1, 0.15) is 23.3 Å². The molecule has 0 aliphatic heterocycles. The van der Waals surface area contributed by atoms with Gasteiger partial charge in [-0.3, -0.25) is 0 Å². The summed E-state index contributed by atoms with van der Waals surface area (Å²) in [6.45, 7) is 36.4. The molecule has 0 aliphatic rings. The Morgan fingerprint density at radius 1 is 0.208 bits per heavy atom. The van der Waals surface area contributed by atoms with Gasteiger partial charge in [0.25, 0.3) is 0 Å². The van der Waals surface area contributed by atoms with Crippen LogP contribution in [0.25, 0.3) is 196 Å². The lowest BCUT2D eigenvalue weighted by Gasteiger charge is -2.28. The van der Waals surface area contributed by atoms with Crippen LogP contribution in [0.1, 0.15) is 129 Å². The zero-order valence-electron chi connectivity index (χ0n) is 57.7. The molecule has 0 saturated heterocycles. The minimum absolute atomic E-state index is 0.135. The Balaban J connectivity index is 1.03. The highest BCUT2D eigenvalue weighted by atomic mass is 15.0. The van der Waals surface area contributed by atoms with Crippen LogP contribution >= 0.6 is 0 Å². The highest BCUT2D eigenvalue weighted by molar-refractivity contribution is 6.53. The van der Waals surface area contributed by atoms with Gasteiger partial charge in [-0.15, -0.1) is 0 Å². The molecule has 0 saturated carbocycles. The van der Waals surface area contributed by atoms with E-state index in [-0.39, 0.29) is 21.7 Å². The minimum atomic E-state index is -0.135. The molecule has 17 aromatic carbocycles. The molecule has 0 aliphatic carbocycles. The maximum Gasteiger partial charge on any atom is 0.164 e. The van der Waals surface area contributed by atoms with E-state index in [1.807, 2.05) is 27.7 Å². The van der Waals surface area contributed by atoms with Gasteiger partial charge in [0.2, 0.25) is 0 Å². The standard InChI is InChI=1S/C90H74N6/c1-43-91-44(2)94-85(93-43)61-31-36-64-71-56(61)24-20-25-62(71)78-69(47-37-49(87(5,6)7)41-50(38-47)88(8,9)10)80-65-32-27-58-60-30-35-68-76-67(82-77-55-22-18-17-21-53(55)54-23-19-26-63(74(54)77)84(83(68)82)86-95-45(3)92-46(4)96-86)34-29-59(73(60)76)57-28-33-66(75(65)72(57)58)81(80)70(79(64)78)48-39-51(89(11,12)13)42-52(40-48)90(14,15)16/h17-42H,1-16H3. The molecule has 0 spiro atoms. The zero-order valence-corrected chi connectivity index (χ0v) is 57.7. The van der Waals surface area contributed by atoms with Crippen molar-refractivity contribution in [2.45, 2.75) is 132 Å². The van der Waals surface area contributed by atoms with Gasteiger partial charge >= 0.3 is 0 Å². The number of rotatable bonds is 4. The lowest BCUT2D eigenvalue weighted by molar-refractivity contribution is 0.568. The van der Waals surface area contributed by atoms with E-state index < -0.39 is 0 Å². The van der Waals surface area contributed by atoms with Crippen molar-refractivity contribution in [2.24, 2.45) is 0 Å². The molecule has 19 aromatic rings. The van der Waals surface area contributed by atoms with Crippen LogP contribution in [0.15, 0.2) is 158 Å². The van der Waals surface area contributed by atoms with Gasteiger partial charge < -0.3 is 0 Å². The Kier molecular flexibility index (Phi) is 11.2. The molecule has 0 bridgehead atoms. The summed E-state index contributed by atoms with van der Waals surface area (Å²) in [4.78, 5) is 29.8. The summed E-state index contributed by atoms with van der Waals surface area (Å²) >= 11 is 0. The van der Waals surface area contributed by atoms with Crippen LogP contribution in [0.4, 0.5) is 0 Å². The number of hydrogen-bond donors (Lipinski definition) is 0. The summed E-state index contributed by atoms with van der Waals surface area (Å²) in [5.74, 6) is 4.30. The van der Waals surface area contributed by atoms with Crippen LogP contribution in [-0.4, -0.2) is 29.9 Å². The molecule has 0 fully saturated rings. The lowest BCUT2D eigenvalue weighted by atomic mass is 9.76. The first kappa shape index (κ1) is 57.2. The van der Waals surface area contributed by atoms with Crippen molar-refractivity contribution in [1.29, 1.82) is 0 Å². The molecule has 464 valence electrons. The van der Waals surface area contributed by atoms with Gasteiger partial charge in [0.05, 0.1) is 0 Å². The number of aryl methyl sites for hydroxylation is 4. The Hall–Kier alpha value is -10.3. The maximum atomic E-state index is 5.19. The average molecular weight is 1240 g/mol. The highest BCUT2D eigenvalue weighted by Gasteiger charge is 2.34. The quantitative estimate of drug-likeness (QED) is 0.129. The monoisotopic (exact) mass is 1240 g/mol. The highest BCUT2D eigenvalue weighted by Crippen LogP contribution is 2.60. The Bertz CT molecular complexity index is 6350. The van der Waals surface area contributed by atoms with Crippen LogP contribution in [0.2, 0.25) is 0 Å². The van der Waals surface area contributed by atoms with E-state index in [0.717, 1.165) is 34.0 Å². The Morgan fingerprint density at radius 3 is 0.938 bits per heavy atom. The van der Waals surface area contributed by atoms with E-state index in [1.54, 1.807) is 0 Å². The molecule has 2 aromatic heterocycles. The molecule has 0 atom stereocenters. The van der Waals surface area contributed by atoms with Crippen molar-refractivity contribution in [3.63, 3.8) is 0 Å². The summed E-state index contributed by atoms with van der Waals surface area (Å²) in [6, 6.07) is 62.5. The summed E-state index contributed by atoms with van der Waals surface area (Å²) < 4.78 is 0. The molecule has 6 heteroatoms. The number of hydrogen-bond acceptors (Lipinski definition) is 6. The smallest absolute Gasteiger partial charge is 0.164 e. The fraction of sp³-hybridized carbons (Fsp3) is 0.222. The van der Waals surface area contributed by atoms with E-state index in [1.165, 1.54) is 190 Å². The van der Waals surface area contributed by atoms with Crippen LogP contribution in [0.5, 0.6) is 0 Å². The fourth-order valence-corrected chi connectivity index (χ4v) is 17.6. The third-order valence-electron chi connectivity index (χ3n) is 22.0. The fourth-order valence-electron chi connectivity index (χ4n) is 17.6. The molecule has 0 N–H and O–H groups in total. The third-order valence-corrected chi connectivity index (χ3v) is 22.0. The number of aromatic nitrogens is 6.